The van der Waals surface area contributed by atoms with Crippen molar-refractivity contribution in [1.29, 1.82) is 0 Å². The molecule has 1 heterocycles. The van der Waals surface area contributed by atoms with Gasteiger partial charge in [-0.05, 0) is 29.5 Å². The zero-order chi connectivity index (χ0) is 14.0. The van der Waals surface area contributed by atoms with Gasteiger partial charge < -0.3 is 21.5 Å². The molecule has 0 aliphatic carbocycles. The molecule has 0 radical (unpaired) electrons. The van der Waals surface area contributed by atoms with Crippen LogP contribution in [0.5, 0.6) is 0 Å². The van der Waals surface area contributed by atoms with Crippen LogP contribution >= 0.6 is 0 Å². The average molecular weight is 263 g/mol. The first kappa shape index (κ1) is 13.7. The third kappa shape index (κ3) is 3.17. The molecule has 5 N–H and O–H groups in total. The number of nitrogens with two attached hydrogens (primary N) is 1. The van der Waals surface area contributed by atoms with Crippen molar-refractivity contribution in [1.82, 2.24) is 0 Å². The third-order valence-electron chi connectivity index (χ3n) is 3.45. The zero-order valence-corrected chi connectivity index (χ0v) is 11.4. The van der Waals surface area contributed by atoms with Gasteiger partial charge in [-0.2, -0.15) is 0 Å². The first-order chi connectivity index (χ1) is 8.91. The van der Waals surface area contributed by atoms with E-state index in [1.54, 1.807) is 0 Å². The highest BCUT2D eigenvalue weighted by molar-refractivity contribution is 6.00. The normalized spacial score (nSPS) is 14.2. The Hall–Kier alpha value is -1.75. The third-order valence-corrected chi connectivity index (χ3v) is 3.45. The van der Waals surface area contributed by atoms with E-state index < -0.39 is 0 Å². The second-order valence-corrected chi connectivity index (χ2v) is 5.81. The molecule has 0 saturated carbocycles. The molecule has 0 spiro atoms. The Morgan fingerprint density at radius 2 is 2.21 bits per heavy atom. The summed E-state index contributed by atoms with van der Waals surface area (Å²) in [7, 11) is 0. The number of benzene rings is 1. The molecule has 0 bridgehead atoms. The monoisotopic (exact) mass is 263 g/mol. The predicted octanol–water partition coefficient (Wildman–Crippen LogP) is 1.58. The summed E-state index contributed by atoms with van der Waals surface area (Å²) in [5, 5.41) is 15.1. The smallest absolute Gasteiger partial charge is 0.228 e. The molecule has 1 aromatic carbocycles. The van der Waals surface area contributed by atoms with Gasteiger partial charge in [0, 0.05) is 18.8 Å². The maximum atomic E-state index is 11.3. The van der Waals surface area contributed by atoms with Crippen LogP contribution in [0.25, 0.3) is 0 Å². The molecular formula is C14H21N3O2. The van der Waals surface area contributed by atoms with E-state index in [0.717, 1.165) is 23.4 Å². The summed E-state index contributed by atoms with van der Waals surface area (Å²) < 4.78 is 0. The number of aliphatic hydroxyl groups is 1. The van der Waals surface area contributed by atoms with E-state index in [9.17, 15) is 4.79 Å². The fraction of sp³-hybridized carbons (Fsp3) is 0.500. The molecule has 1 aromatic rings. The number of aliphatic hydroxyl groups excluding tert-OH is 1. The van der Waals surface area contributed by atoms with Gasteiger partial charge >= 0.3 is 0 Å². The lowest BCUT2D eigenvalue weighted by atomic mass is 9.89. The Bertz CT molecular complexity index is 498. The van der Waals surface area contributed by atoms with Crippen molar-refractivity contribution in [3.63, 3.8) is 0 Å². The van der Waals surface area contributed by atoms with Gasteiger partial charge in [0.15, 0.2) is 0 Å². The second kappa shape index (κ2) is 5.09. The molecule has 2 rings (SSSR count). The van der Waals surface area contributed by atoms with Crippen LogP contribution in [0.3, 0.4) is 0 Å². The van der Waals surface area contributed by atoms with Crippen LogP contribution < -0.4 is 16.4 Å². The molecular weight excluding hydrogens is 242 g/mol. The summed E-state index contributed by atoms with van der Waals surface area (Å²) in [6, 6.07) is 3.72. The Morgan fingerprint density at radius 3 is 2.89 bits per heavy atom. The maximum absolute atomic E-state index is 11.3. The molecule has 0 aromatic heterocycles. The number of fused-ring (bicyclic) bond motifs is 1. The lowest BCUT2D eigenvalue weighted by Crippen LogP contribution is -2.24. The largest absolute Gasteiger partial charge is 0.397 e. The van der Waals surface area contributed by atoms with Crippen molar-refractivity contribution in [3.8, 4) is 0 Å². The number of hydrogen-bond donors (Lipinski definition) is 4. The summed E-state index contributed by atoms with van der Waals surface area (Å²) in [5.41, 5.74) is 9.24. The lowest BCUT2D eigenvalue weighted by molar-refractivity contribution is -0.115. The van der Waals surface area contributed by atoms with Gasteiger partial charge in [-0.3, -0.25) is 4.79 Å². The Balaban J connectivity index is 2.10. The van der Waals surface area contributed by atoms with Crippen LogP contribution in [-0.2, 0) is 11.2 Å². The molecule has 1 aliphatic heterocycles. The Morgan fingerprint density at radius 1 is 1.47 bits per heavy atom. The minimum atomic E-state index is -0.0105. The SMILES string of the molecule is CC(C)(CCO)CNc1cc2c(cc1N)CC(=O)N2. The summed E-state index contributed by atoms with van der Waals surface area (Å²) in [5.74, 6) is 0.00663. The first-order valence-corrected chi connectivity index (χ1v) is 6.48. The van der Waals surface area contributed by atoms with E-state index in [1.165, 1.54) is 0 Å². The Kier molecular flexibility index (Phi) is 3.66. The number of rotatable bonds is 5. The van der Waals surface area contributed by atoms with Crippen molar-refractivity contribution in [2.45, 2.75) is 26.7 Å². The summed E-state index contributed by atoms with van der Waals surface area (Å²) >= 11 is 0. The Labute approximate surface area is 113 Å². The predicted molar refractivity (Wildman–Crippen MR) is 77.2 cm³/mol. The van der Waals surface area contributed by atoms with Crippen molar-refractivity contribution in [2.75, 3.05) is 29.5 Å². The lowest BCUT2D eigenvalue weighted by Gasteiger charge is -2.25. The van der Waals surface area contributed by atoms with Gasteiger partial charge in [-0.1, -0.05) is 13.8 Å². The number of anilines is 3. The van der Waals surface area contributed by atoms with E-state index in [0.29, 0.717) is 18.7 Å². The number of amides is 1. The highest BCUT2D eigenvalue weighted by Gasteiger charge is 2.21. The van der Waals surface area contributed by atoms with Crippen molar-refractivity contribution in [3.05, 3.63) is 17.7 Å². The number of hydrogen-bond acceptors (Lipinski definition) is 4. The van der Waals surface area contributed by atoms with Gasteiger partial charge in [-0.25, -0.2) is 0 Å². The summed E-state index contributed by atoms with van der Waals surface area (Å²) in [4.78, 5) is 11.3. The quantitative estimate of drug-likeness (QED) is 0.607. The van der Waals surface area contributed by atoms with Crippen molar-refractivity contribution < 1.29 is 9.90 Å². The fourth-order valence-electron chi connectivity index (χ4n) is 2.17. The highest BCUT2D eigenvalue weighted by Crippen LogP contribution is 2.32. The van der Waals surface area contributed by atoms with Crippen LogP contribution in [-0.4, -0.2) is 24.2 Å². The summed E-state index contributed by atoms with van der Waals surface area (Å²) in [6.07, 6.45) is 1.12. The standard InChI is InChI=1S/C14H21N3O2/c1-14(2,3-4-18)8-16-12-7-11-9(5-10(12)15)6-13(19)17-11/h5,7,16,18H,3-4,6,8,15H2,1-2H3,(H,17,19). The molecule has 0 fully saturated rings. The van der Waals surface area contributed by atoms with Gasteiger partial charge in [0.1, 0.15) is 0 Å². The molecule has 104 valence electrons. The van der Waals surface area contributed by atoms with Crippen LogP contribution in [0.4, 0.5) is 17.1 Å². The molecule has 0 atom stereocenters. The minimum absolute atomic E-state index is 0.00663. The van der Waals surface area contributed by atoms with Crippen LogP contribution in [0.1, 0.15) is 25.8 Å². The van der Waals surface area contributed by atoms with E-state index in [-0.39, 0.29) is 17.9 Å². The van der Waals surface area contributed by atoms with E-state index >= 15 is 0 Å². The van der Waals surface area contributed by atoms with E-state index in [4.69, 9.17) is 10.8 Å². The molecule has 19 heavy (non-hydrogen) atoms. The van der Waals surface area contributed by atoms with E-state index in [1.807, 2.05) is 12.1 Å². The first-order valence-electron chi connectivity index (χ1n) is 6.48. The number of nitrogen functional groups attached to an aromatic ring is 1. The van der Waals surface area contributed by atoms with Crippen LogP contribution in [0, 0.1) is 5.41 Å². The molecule has 5 heteroatoms. The van der Waals surface area contributed by atoms with Crippen molar-refractivity contribution in [2.24, 2.45) is 5.41 Å². The van der Waals surface area contributed by atoms with Crippen LogP contribution in [0.15, 0.2) is 12.1 Å². The van der Waals surface area contributed by atoms with E-state index in [2.05, 4.69) is 24.5 Å². The average Bonchev–Trinajstić information content (AvgIpc) is 2.65. The molecule has 0 unspecified atom stereocenters. The molecule has 1 aliphatic rings. The van der Waals surface area contributed by atoms with Crippen LogP contribution in [0.2, 0.25) is 0 Å². The zero-order valence-electron chi connectivity index (χ0n) is 11.4. The number of carbonyl (C=O) groups excluding carboxylic acids is 1. The summed E-state index contributed by atoms with van der Waals surface area (Å²) in [6.45, 7) is 5.05. The van der Waals surface area contributed by atoms with Gasteiger partial charge in [0.25, 0.3) is 0 Å². The molecule has 1 amide bonds. The number of nitrogens with one attached hydrogen (secondary N) is 2. The van der Waals surface area contributed by atoms with Gasteiger partial charge in [0.05, 0.1) is 17.8 Å². The maximum Gasteiger partial charge on any atom is 0.228 e. The topological polar surface area (TPSA) is 87.4 Å². The molecule has 5 nitrogen and oxygen atoms in total. The second-order valence-electron chi connectivity index (χ2n) is 5.81. The fourth-order valence-corrected chi connectivity index (χ4v) is 2.17. The number of carbonyl (C=O) groups is 1. The van der Waals surface area contributed by atoms with Crippen molar-refractivity contribution >= 4 is 23.0 Å². The minimum Gasteiger partial charge on any atom is -0.397 e. The highest BCUT2D eigenvalue weighted by atomic mass is 16.3. The molecule has 0 saturated heterocycles. The van der Waals surface area contributed by atoms with Gasteiger partial charge in [0.2, 0.25) is 5.91 Å². The van der Waals surface area contributed by atoms with Gasteiger partial charge in [-0.15, -0.1) is 0 Å².